The Labute approximate surface area is 80.0 Å². The topological polar surface area (TPSA) is 102 Å². The van der Waals surface area contributed by atoms with Gasteiger partial charge in [0.2, 0.25) is 0 Å². The Balaban J connectivity index is 3.39. The molecule has 6 nitrogen and oxygen atoms in total. The highest BCUT2D eigenvalue weighted by molar-refractivity contribution is 5.87. The lowest BCUT2D eigenvalue weighted by Gasteiger charge is -2.04. The zero-order chi connectivity index (χ0) is 10.7. The van der Waals surface area contributed by atoms with Crippen molar-refractivity contribution in [3.63, 3.8) is 0 Å². The van der Waals surface area contributed by atoms with E-state index in [9.17, 15) is 10.1 Å². The summed E-state index contributed by atoms with van der Waals surface area (Å²) in [5.74, 6) is 0.0955. The Kier molecular flexibility index (Phi) is 2.66. The van der Waals surface area contributed by atoms with E-state index < -0.39 is 4.92 Å². The van der Waals surface area contributed by atoms with Crippen LogP contribution in [0.1, 0.15) is 5.56 Å². The van der Waals surface area contributed by atoms with E-state index in [1.807, 2.05) is 0 Å². The molecule has 0 aliphatic heterocycles. The SMILES string of the molecule is COc1cc(N)c(C=N)cc1[N+](=O)[O-]. The van der Waals surface area contributed by atoms with Crippen LogP contribution in [0.2, 0.25) is 0 Å². The van der Waals surface area contributed by atoms with Crippen molar-refractivity contribution in [3.05, 3.63) is 27.8 Å². The molecule has 1 rings (SSSR count). The van der Waals surface area contributed by atoms with Gasteiger partial charge < -0.3 is 15.9 Å². The molecule has 74 valence electrons. The van der Waals surface area contributed by atoms with Crippen molar-refractivity contribution < 1.29 is 9.66 Å². The molecule has 0 bridgehead atoms. The van der Waals surface area contributed by atoms with Crippen molar-refractivity contribution in [1.82, 2.24) is 0 Å². The first-order valence-corrected chi connectivity index (χ1v) is 3.72. The van der Waals surface area contributed by atoms with Crippen molar-refractivity contribution in [3.8, 4) is 5.75 Å². The second-order valence-electron chi connectivity index (χ2n) is 2.55. The van der Waals surface area contributed by atoms with Gasteiger partial charge in [0.25, 0.3) is 0 Å². The molecule has 0 radical (unpaired) electrons. The summed E-state index contributed by atoms with van der Waals surface area (Å²) in [5, 5.41) is 17.6. The van der Waals surface area contributed by atoms with Gasteiger partial charge in [-0.25, -0.2) is 0 Å². The number of nitro benzene ring substituents is 1. The van der Waals surface area contributed by atoms with Crippen LogP contribution in [0, 0.1) is 15.5 Å². The lowest BCUT2D eigenvalue weighted by Crippen LogP contribution is -1.99. The Morgan fingerprint density at radius 2 is 2.29 bits per heavy atom. The number of nitrogens with zero attached hydrogens (tertiary/aromatic N) is 1. The number of anilines is 1. The normalized spacial score (nSPS) is 9.50. The van der Waals surface area contributed by atoms with Crippen LogP contribution >= 0.6 is 0 Å². The molecule has 0 aliphatic carbocycles. The van der Waals surface area contributed by atoms with Crippen LogP contribution in [0.25, 0.3) is 0 Å². The summed E-state index contributed by atoms with van der Waals surface area (Å²) in [7, 11) is 1.33. The van der Waals surface area contributed by atoms with Gasteiger partial charge in [0, 0.05) is 29.6 Å². The number of ether oxygens (including phenoxy) is 1. The van der Waals surface area contributed by atoms with E-state index in [4.69, 9.17) is 15.9 Å². The molecule has 6 heteroatoms. The highest BCUT2D eigenvalue weighted by Crippen LogP contribution is 2.30. The van der Waals surface area contributed by atoms with E-state index in [2.05, 4.69) is 0 Å². The Morgan fingerprint density at radius 3 is 2.71 bits per heavy atom. The molecule has 0 aromatic heterocycles. The molecule has 0 fully saturated rings. The van der Waals surface area contributed by atoms with Crippen LogP contribution in [-0.2, 0) is 0 Å². The molecule has 3 N–H and O–H groups in total. The first-order valence-electron chi connectivity index (χ1n) is 3.72. The molecule has 0 saturated carbocycles. The number of rotatable bonds is 3. The van der Waals surface area contributed by atoms with Crippen LogP contribution in [0.4, 0.5) is 11.4 Å². The van der Waals surface area contributed by atoms with Gasteiger partial charge in [0.05, 0.1) is 12.0 Å². The van der Waals surface area contributed by atoms with E-state index in [1.54, 1.807) is 0 Å². The molecule has 0 saturated heterocycles. The van der Waals surface area contributed by atoms with Crippen LogP contribution in [-0.4, -0.2) is 18.2 Å². The number of hydrogen-bond donors (Lipinski definition) is 2. The quantitative estimate of drug-likeness (QED) is 0.327. The van der Waals surface area contributed by atoms with Crippen molar-refractivity contribution >= 4 is 17.6 Å². The van der Waals surface area contributed by atoms with Gasteiger partial charge in [-0.1, -0.05) is 0 Å². The van der Waals surface area contributed by atoms with E-state index in [-0.39, 0.29) is 17.1 Å². The summed E-state index contributed by atoms with van der Waals surface area (Å²) in [6.45, 7) is 0. The van der Waals surface area contributed by atoms with E-state index in [0.717, 1.165) is 6.21 Å². The fourth-order valence-electron chi connectivity index (χ4n) is 1.03. The minimum atomic E-state index is -0.578. The third-order valence-electron chi connectivity index (χ3n) is 1.74. The first-order chi connectivity index (χ1) is 6.60. The predicted molar refractivity (Wildman–Crippen MR) is 51.9 cm³/mol. The van der Waals surface area contributed by atoms with Gasteiger partial charge in [-0.15, -0.1) is 0 Å². The third-order valence-corrected chi connectivity index (χ3v) is 1.74. The summed E-state index contributed by atoms with van der Waals surface area (Å²) in [5.41, 5.74) is 5.91. The molecule has 0 spiro atoms. The van der Waals surface area contributed by atoms with Gasteiger partial charge >= 0.3 is 5.69 Å². The minimum Gasteiger partial charge on any atom is -0.490 e. The van der Waals surface area contributed by atoms with E-state index in [0.29, 0.717) is 5.56 Å². The highest BCUT2D eigenvalue weighted by Gasteiger charge is 2.16. The Hall–Kier alpha value is -2.11. The summed E-state index contributed by atoms with van der Waals surface area (Å²) in [4.78, 5) is 9.99. The smallest absolute Gasteiger partial charge is 0.311 e. The third kappa shape index (κ3) is 1.63. The molecule has 1 aromatic rings. The molecular weight excluding hydrogens is 186 g/mol. The van der Waals surface area contributed by atoms with E-state index in [1.165, 1.54) is 19.2 Å². The number of hydrogen-bond acceptors (Lipinski definition) is 5. The number of nitro groups is 1. The largest absolute Gasteiger partial charge is 0.490 e. The molecule has 0 aliphatic rings. The molecule has 0 amide bonds. The molecule has 0 unspecified atom stereocenters. The Morgan fingerprint density at radius 1 is 1.64 bits per heavy atom. The average molecular weight is 195 g/mol. The van der Waals surface area contributed by atoms with Gasteiger partial charge in [-0.05, 0) is 0 Å². The highest BCUT2D eigenvalue weighted by atomic mass is 16.6. The lowest BCUT2D eigenvalue weighted by atomic mass is 10.1. The standard InChI is InChI=1S/C8H9N3O3/c1-14-8-3-6(10)5(4-9)2-7(8)11(12)13/h2-4,9H,10H2,1H3. The fourth-order valence-corrected chi connectivity index (χ4v) is 1.03. The van der Waals surface area contributed by atoms with Crippen LogP contribution in [0.3, 0.4) is 0 Å². The second-order valence-corrected chi connectivity index (χ2v) is 2.55. The number of nitrogens with two attached hydrogens (primary N) is 1. The van der Waals surface area contributed by atoms with Gasteiger partial charge in [0.15, 0.2) is 5.75 Å². The summed E-state index contributed by atoms with van der Waals surface area (Å²) >= 11 is 0. The van der Waals surface area contributed by atoms with E-state index >= 15 is 0 Å². The number of nitrogens with one attached hydrogen (secondary N) is 1. The molecular formula is C8H9N3O3. The van der Waals surface area contributed by atoms with Crippen molar-refractivity contribution in [1.29, 1.82) is 5.41 Å². The van der Waals surface area contributed by atoms with Crippen molar-refractivity contribution in [2.45, 2.75) is 0 Å². The zero-order valence-corrected chi connectivity index (χ0v) is 7.48. The summed E-state index contributed by atoms with van der Waals surface area (Å²) in [6, 6.07) is 2.54. The van der Waals surface area contributed by atoms with Gasteiger partial charge in [-0.3, -0.25) is 10.1 Å². The summed E-state index contributed by atoms with van der Waals surface area (Å²) < 4.78 is 4.79. The maximum atomic E-state index is 10.6. The average Bonchev–Trinajstić information content (AvgIpc) is 2.16. The predicted octanol–water partition coefficient (Wildman–Crippen LogP) is 1.18. The van der Waals surface area contributed by atoms with Crippen LogP contribution < -0.4 is 10.5 Å². The first kappa shape index (κ1) is 9.97. The molecule has 1 aromatic carbocycles. The van der Waals surface area contributed by atoms with Crippen molar-refractivity contribution in [2.24, 2.45) is 0 Å². The maximum Gasteiger partial charge on any atom is 0.311 e. The zero-order valence-electron chi connectivity index (χ0n) is 7.48. The van der Waals surface area contributed by atoms with Crippen LogP contribution in [0.5, 0.6) is 5.75 Å². The lowest BCUT2D eigenvalue weighted by molar-refractivity contribution is -0.385. The van der Waals surface area contributed by atoms with Gasteiger partial charge in [0.1, 0.15) is 0 Å². The minimum absolute atomic E-state index is 0.0955. The summed E-state index contributed by atoms with van der Waals surface area (Å²) in [6.07, 6.45) is 0.960. The molecule has 0 atom stereocenters. The number of nitrogen functional groups attached to an aromatic ring is 1. The van der Waals surface area contributed by atoms with Crippen molar-refractivity contribution in [2.75, 3.05) is 12.8 Å². The molecule has 14 heavy (non-hydrogen) atoms. The Bertz CT molecular complexity index is 390. The molecule has 0 heterocycles. The number of methoxy groups -OCH3 is 1. The second kappa shape index (κ2) is 3.73. The maximum absolute atomic E-state index is 10.6. The monoisotopic (exact) mass is 195 g/mol. The number of benzene rings is 1. The van der Waals surface area contributed by atoms with Crippen LogP contribution in [0.15, 0.2) is 12.1 Å². The van der Waals surface area contributed by atoms with Gasteiger partial charge in [-0.2, -0.15) is 0 Å². The fraction of sp³-hybridized carbons (Fsp3) is 0.125.